The van der Waals surface area contributed by atoms with E-state index in [0.717, 1.165) is 16.5 Å². The molecule has 0 bridgehead atoms. The number of halogens is 1. The van der Waals surface area contributed by atoms with Gasteiger partial charge in [0.05, 0.1) is 0 Å². The lowest BCUT2D eigenvalue weighted by Gasteiger charge is -2.05. The van der Waals surface area contributed by atoms with Crippen molar-refractivity contribution in [2.45, 2.75) is 13.0 Å². The van der Waals surface area contributed by atoms with Gasteiger partial charge in [-0.15, -0.1) is 0 Å². The largest absolute Gasteiger partial charge is 0.356 e. The fourth-order valence-corrected chi connectivity index (χ4v) is 2.11. The Morgan fingerprint density at radius 1 is 1.26 bits per heavy atom. The van der Waals surface area contributed by atoms with E-state index >= 15 is 0 Å². The van der Waals surface area contributed by atoms with Crippen molar-refractivity contribution in [1.82, 2.24) is 10.3 Å². The number of rotatable bonds is 5. The van der Waals surface area contributed by atoms with E-state index in [1.165, 1.54) is 5.56 Å². The van der Waals surface area contributed by atoms with Crippen molar-refractivity contribution in [2.24, 2.45) is 5.73 Å². The van der Waals surface area contributed by atoms with Crippen LogP contribution in [-0.4, -0.2) is 17.4 Å². The molecule has 2 aromatic rings. The second-order valence-corrected chi connectivity index (χ2v) is 5.19. The quantitative estimate of drug-likeness (QED) is 0.790. The summed E-state index contributed by atoms with van der Waals surface area (Å²) < 4.78 is 0.865. The van der Waals surface area contributed by atoms with Crippen LogP contribution in [0.15, 0.2) is 41.0 Å². The summed E-state index contributed by atoms with van der Waals surface area (Å²) in [7, 11) is 0. The molecule has 0 aliphatic heterocycles. The summed E-state index contributed by atoms with van der Waals surface area (Å²) in [5.41, 5.74) is 8.33. The molecule has 0 spiro atoms. The molecule has 4 N–H and O–H groups in total. The van der Waals surface area contributed by atoms with Gasteiger partial charge >= 0.3 is 0 Å². The first-order valence-electron chi connectivity index (χ1n) is 6.09. The van der Waals surface area contributed by atoms with Crippen molar-refractivity contribution in [3.8, 4) is 0 Å². The third kappa shape index (κ3) is 3.94. The average molecular weight is 322 g/mol. The number of hydrogen-bond donors (Lipinski definition) is 3. The smallest absolute Gasteiger partial charge is 0.267 e. The lowest BCUT2D eigenvalue weighted by Crippen LogP contribution is -2.23. The molecule has 100 valence electrons. The highest BCUT2D eigenvalue weighted by molar-refractivity contribution is 9.10. The van der Waals surface area contributed by atoms with E-state index in [-0.39, 0.29) is 5.91 Å². The Labute approximate surface area is 120 Å². The van der Waals surface area contributed by atoms with Crippen LogP contribution in [0, 0.1) is 0 Å². The van der Waals surface area contributed by atoms with Crippen molar-refractivity contribution in [2.75, 3.05) is 6.54 Å². The summed E-state index contributed by atoms with van der Waals surface area (Å²) >= 11 is 3.30. The van der Waals surface area contributed by atoms with E-state index in [0.29, 0.717) is 18.8 Å². The molecule has 1 aromatic heterocycles. The molecule has 0 atom stereocenters. The van der Waals surface area contributed by atoms with E-state index in [1.54, 1.807) is 12.3 Å². The van der Waals surface area contributed by atoms with Crippen LogP contribution in [0.3, 0.4) is 0 Å². The molecule has 1 aromatic carbocycles. The van der Waals surface area contributed by atoms with Crippen LogP contribution >= 0.6 is 15.9 Å². The highest BCUT2D eigenvalue weighted by Gasteiger charge is 2.07. The summed E-state index contributed by atoms with van der Waals surface area (Å²) in [5.74, 6) is -0.114. The maximum atomic E-state index is 11.8. The van der Waals surface area contributed by atoms with Crippen molar-refractivity contribution >= 4 is 21.8 Å². The minimum Gasteiger partial charge on any atom is -0.356 e. The average Bonchev–Trinajstić information content (AvgIpc) is 2.85. The standard InChI is InChI=1S/C14H16BrN3O/c15-12-7-13(17-9-12)14(19)18-8-11-3-1-10(2-4-11)5-6-16/h1-4,7,9,17H,5-6,8,16H2,(H,18,19). The SMILES string of the molecule is NCCc1ccc(CNC(=O)c2cc(Br)c[nH]2)cc1. The zero-order valence-electron chi connectivity index (χ0n) is 10.4. The number of amides is 1. The first kappa shape index (κ1) is 13.8. The lowest BCUT2D eigenvalue weighted by atomic mass is 10.1. The first-order valence-corrected chi connectivity index (χ1v) is 6.88. The summed E-state index contributed by atoms with van der Waals surface area (Å²) in [6, 6.07) is 9.85. The van der Waals surface area contributed by atoms with E-state index in [2.05, 4.69) is 26.2 Å². The van der Waals surface area contributed by atoms with E-state index in [4.69, 9.17) is 5.73 Å². The van der Waals surface area contributed by atoms with E-state index < -0.39 is 0 Å². The maximum absolute atomic E-state index is 11.8. The second kappa shape index (κ2) is 6.54. The highest BCUT2D eigenvalue weighted by atomic mass is 79.9. The Bertz CT molecular complexity index is 548. The molecule has 0 saturated carbocycles. The molecule has 1 amide bonds. The van der Waals surface area contributed by atoms with Gasteiger partial charge in [-0.25, -0.2) is 0 Å². The van der Waals surface area contributed by atoms with Crippen molar-refractivity contribution in [3.63, 3.8) is 0 Å². The zero-order valence-corrected chi connectivity index (χ0v) is 12.0. The molecule has 0 aliphatic carbocycles. The fraction of sp³-hybridized carbons (Fsp3) is 0.214. The second-order valence-electron chi connectivity index (χ2n) is 4.27. The van der Waals surface area contributed by atoms with Gasteiger partial charge in [-0.3, -0.25) is 4.79 Å². The molecule has 4 nitrogen and oxygen atoms in total. The van der Waals surface area contributed by atoms with Gasteiger partial charge in [0.1, 0.15) is 5.69 Å². The molecule has 0 unspecified atom stereocenters. The van der Waals surface area contributed by atoms with Gasteiger partial charge in [0.25, 0.3) is 5.91 Å². The molecule has 19 heavy (non-hydrogen) atoms. The fourth-order valence-electron chi connectivity index (χ4n) is 1.77. The summed E-state index contributed by atoms with van der Waals surface area (Å²) in [6.45, 7) is 1.16. The lowest BCUT2D eigenvalue weighted by molar-refractivity contribution is 0.0946. The molecule has 2 rings (SSSR count). The molecular formula is C14H16BrN3O. The Hall–Kier alpha value is -1.59. The minimum absolute atomic E-state index is 0.114. The van der Waals surface area contributed by atoms with Gasteiger partial charge in [-0.1, -0.05) is 24.3 Å². The maximum Gasteiger partial charge on any atom is 0.267 e. The molecule has 0 radical (unpaired) electrons. The highest BCUT2D eigenvalue weighted by Crippen LogP contribution is 2.10. The van der Waals surface area contributed by atoms with Crippen LogP contribution in [0.5, 0.6) is 0 Å². The molecular weight excluding hydrogens is 306 g/mol. The Kier molecular flexibility index (Phi) is 4.76. The first-order chi connectivity index (χ1) is 9.19. The zero-order chi connectivity index (χ0) is 13.7. The normalized spacial score (nSPS) is 10.4. The molecule has 0 aliphatic rings. The Morgan fingerprint density at radius 3 is 2.53 bits per heavy atom. The van der Waals surface area contributed by atoms with Crippen molar-refractivity contribution in [3.05, 3.63) is 57.8 Å². The summed E-state index contributed by atoms with van der Waals surface area (Å²) in [5, 5.41) is 2.86. The third-order valence-corrected chi connectivity index (χ3v) is 3.26. The predicted molar refractivity (Wildman–Crippen MR) is 78.9 cm³/mol. The van der Waals surface area contributed by atoms with Gasteiger partial charge in [0.2, 0.25) is 0 Å². The Morgan fingerprint density at radius 2 is 1.95 bits per heavy atom. The van der Waals surface area contributed by atoms with E-state index in [1.807, 2.05) is 24.3 Å². The monoisotopic (exact) mass is 321 g/mol. The van der Waals surface area contributed by atoms with Gasteiger partial charge in [0.15, 0.2) is 0 Å². The van der Waals surface area contributed by atoms with Crippen LogP contribution in [-0.2, 0) is 13.0 Å². The number of aromatic amines is 1. The number of nitrogens with one attached hydrogen (secondary N) is 2. The third-order valence-electron chi connectivity index (χ3n) is 2.80. The van der Waals surface area contributed by atoms with Crippen molar-refractivity contribution in [1.29, 1.82) is 0 Å². The molecule has 0 saturated heterocycles. The minimum atomic E-state index is -0.114. The predicted octanol–water partition coefficient (Wildman–Crippen LogP) is 2.21. The topological polar surface area (TPSA) is 70.9 Å². The van der Waals surface area contributed by atoms with Gasteiger partial charge in [-0.05, 0) is 46.1 Å². The molecule has 5 heteroatoms. The van der Waals surface area contributed by atoms with Crippen LogP contribution in [0.1, 0.15) is 21.6 Å². The summed E-state index contributed by atoms with van der Waals surface area (Å²) in [4.78, 5) is 14.7. The number of nitrogens with two attached hydrogens (primary N) is 1. The van der Waals surface area contributed by atoms with Crippen LogP contribution < -0.4 is 11.1 Å². The Balaban J connectivity index is 1.89. The molecule has 1 heterocycles. The van der Waals surface area contributed by atoms with Crippen LogP contribution in [0.2, 0.25) is 0 Å². The number of H-pyrrole nitrogens is 1. The summed E-state index contributed by atoms with van der Waals surface area (Å²) in [6.07, 6.45) is 2.61. The van der Waals surface area contributed by atoms with Crippen LogP contribution in [0.25, 0.3) is 0 Å². The van der Waals surface area contributed by atoms with E-state index in [9.17, 15) is 4.79 Å². The number of carbonyl (C=O) groups excluding carboxylic acids is 1. The van der Waals surface area contributed by atoms with Gasteiger partial charge < -0.3 is 16.0 Å². The van der Waals surface area contributed by atoms with Gasteiger partial charge in [-0.2, -0.15) is 0 Å². The number of hydrogen-bond acceptors (Lipinski definition) is 2. The molecule has 0 fully saturated rings. The number of carbonyl (C=O) groups is 1. The van der Waals surface area contributed by atoms with Gasteiger partial charge in [0, 0.05) is 17.2 Å². The number of aromatic nitrogens is 1. The van der Waals surface area contributed by atoms with Crippen molar-refractivity contribution < 1.29 is 4.79 Å². The van der Waals surface area contributed by atoms with Crippen LogP contribution in [0.4, 0.5) is 0 Å². The number of benzene rings is 1.